The van der Waals surface area contributed by atoms with Gasteiger partial charge in [-0.1, -0.05) is 12.1 Å². The van der Waals surface area contributed by atoms with Gasteiger partial charge in [0.25, 0.3) is 0 Å². The molecule has 132 valence electrons. The second kappa shape index (κ2) is 7.38. The molecule has 2 atom stereocenters. The molecule has 25 heavy (non-hydrogen) atoms. The number of nitrogens with zero attached hydrogens (tertiary/aromatic N) is 2. The molecule has 0 spiro atoms. The molecular formula is C18H23N5O2. The average molecular weight is 341 g/mol. The Kier molecular flexibility index (Phi) is 5.02. The van der Waals surface area contributed by atoms with Crippen molar-refractivity contribution in [2.24, 2.45) is 0 Å². The monoisotopic (exact) mass is 341 g/mol. The van der Waals surface area contributed by atoms with Crippen molar-refractivity contribution in [3.05, 3.63) is 47.8 Å². The first-order chi connectivity index (χ1) is 12.0. The van der Waals surface area contributed by atoms with Crippen molar-refractivity contribution in [2.75, 3.05) is 5.32 Å². The van der Waals surface area contributed by atoms with Crippen LogP contribution >= 0.6 is 0 Å². The van der Waals surface area contributed by atoms with Crippen molar-refractivity contribution >= 4 is 17.6 Å². The van der Waals surface area contributed by atoms with Crippen LogP contribution in [0.1, 0.15) is 37.4 Å². The van der Waals surface area contributed by atoms with Crippen molar-refractivity contribution in [1.29, 1.82) is 0 Å². The summed E-state index contributed by atoms with van der Waals surface area (Å²) in [5.74, 6) is 0.0528. The number of hydrogen-bond acceptors (Lipinski definition) is 3. The van der Waals surface area contributed by atoms with Gasteiger partial charge in [0.05, 0.1) is 12.6 Å². The zero-order valence-electron chi connectivity index (χ0n) is 14.5. The summed E-state index contributed by atoms with van der Waals surface area (Å²) in [6, 6.07) is 7.37. The molecule has 0 unspecified atom stereocenters. The summed E-state index contributed by atoms with van der Waals surface area (Å²) >= 11 is 0. The fraction of sp³-hybridized carbons (Fsp3) is 0.389. The number of aryl methyl sites for hydroxylation is 1. The lowest BCUT2D eigenvalue weighted by Crippen LogP contribution is -2.43. The molecule has 1 aromatic heterocycles. The maximum absolute atomic E-state index is 12.2. The Morgan fingerprint density at radius 1 is 1.32 bits per heavy atom. The number of carbonyl (C=O) groups is 2. The van der Waals surface area contributed by atoms with Crippen molar-refractivity contribution < 1.29 is 9.59 Å². The van der Waals surface area contributed by atoms with E-state index < -0.39 is 0 Å². The SMILES string of the molecule is C[C@H](NC(=O)N[C@@H](C)Cn1cccn1)c1ccc2c(c1)CCC(=O)N2. The Morgan fingerprint density at radius 3 is 2.92 bits per heavy atom. The van der Waals surface area contributed by atoms with Gasteiger partial charge in [0.15, 0.2) is 0 Å². The van der Waals surface area contributed by atoms with Crippen LogP contribution in [-0.2, 0) is 17.8 Å². The van der Waals surface area contributed by atoms with Crippen LogP contribution in [0.4, 0.5) is 10.5 Å². The normalized spacial score (nSPS) is 15.7. The van der Waals surface area contributed by atoms with Crippen LogP contribution in [0.5, 0.6) is 0 Å². The standard InChI is InChI=1S/C18H23N5O2/c1-12(11-23-9-3-8-19-23)20-18(25)21-13(2)14-4-6-16-15(10-14)5-7-17(24)22-16/h3-4,6,8-10,12-13H,5,7,11H2,1-2H3,(H,22,24)(H2,20,21,25)/t12-,13-/m0/s1. The molecule has 3 N–H and O–H groups in total. The van der Waals surface area contributed by atoms with Crippen LogP contribution in [0.25, 0.3) is 0 Å². The van der Waals surface area contributed by atoms with Gasteiger partial charge < -0.3 is 16.0 Å². The van der Waals surface area contributed by atoms with E-state index in [4.69, 9.17) is 0 Å². The summed E-state index contributed by atoms with van der Waals surface area (Å²) in [6.07, 6.45) is 4.82. The number of anilines is 1. The van der Waals surface area contributed by atoms with Gasteiger partial charge in [-0.05, 0) is 43.5 Å². The van der Waals surface area contributed by atoms with Crippen LogP contribution in [0, 0.1) is 0 Å². The fourth-order valence-corrected chi connectivity index (χ4v) is 2.95. The fourth-order valence-electron chi connectivity index (χ4n) is 2.95. The topological polar surface area (TPSA) is 88.1 Å². The third kappa shape index (κ3) is 4.37. The van der Waals surface area contributed by atoms with E-state index in [0.29, 0.717) is 13.0 Å². The number of carbonyl (C=O) groups excluding carboxylic acids is 2. The molecule has 0 radical (unpaired) electrons. The number of rotatable bonds is 5. The van der Waals surface area contributed by atoms with Gasteiger partial charge in [-0.15, -0.1) is 0 Å². The number of benzene rings is 1. The third-order valence-corrected chi connectivity index (χ3v) is 4.27. The molecule has 1 aliphatic rings. The van der Waals surface area contributed by atoms with E-state index in [2.05, 4.69) is 21.0 Å². The third-order valence-electron chi connectivity index (χ3n) is 4.27. The molecule has 0 bridgehead atoms. The minimum atomic E-state index is -0.210. The minimum absolute atomic E-state index is 0.0363. The number of urea groups is 1. The highest BCUT2D eigenvalue weighted by atomic mass is 16.2. The van der Waals surface area contributed by atoms with E-state index >= 15 is 0 Å². The summed E-state index contributed by atoms with van der Waals surface area (Å²) in [5.41, 5.74) is 2.99. The molecule has 3 amide bonds. The van der Waals surface area contributed by atoms with Crippen molar-refractivity contribution in [3.8, 4) is 0 Å². The Morgan fingerprint density at radius 2 is 2.16 bits per heavy atom. The average Bonchev–Trinajstić information content (AvgIpc) is 3.06. The van der Waals surface area contributed by atoms with E-state index in [1.807, 2.05) is 44.3 Å². The Bertz CT molecular complexity index is 757. The molecule has 0 saturated carbocycles. The van der Waals surface area contributed by atoms with Gasteiger partial charge in [0.2, 0.25) is 5.91 Å². The summed E-state index contributed by atoms with van der Waals surface area (Å²) in [4.78, 5) is 23.6. The van der Waals surface area contributed by atoms with Gasteiger partial charge in [0.1, 0.15) is 0 Å². The lowest BCUT2D eigenvalue weighted by atomic mass is 9.98. The number of aromatic nitrogens is 2. The van der Waals surface area contributed by atoms with Crippen LogP contribution in [0.3, 0.4) is 0 Å². The minimum Gasteiger partial charge on any atom is -0.334 e. The maximum Gasteiger partial charge on any atom is 0.315 e. The Hall–Kier alpha value is -2.83. The van der Waals surface area contributed by atoms with Crippen molar-refractivity contribution in [1.82, 2.24) is 20.4 Å². The van der Waals surface area contributed by atoms with Crippen LogP contribution in [0.15, 0.2) is 36.7 Å². The van der Waals surface area contributed by atoms with E-state index in [9.17, 15) is 9.59 Å². The molecule has 0 fully saturated rings. The quantitative estimate of drug-likeness (QED) is 0.779. The van der Waals surface area contributed by atoms with E-state index in [1.54, 1.807) is 10.9 Å². The van der Waals surface area contributed by atoms with Gasteiger partial charge in [-0.3, -0.25) is 9.48 Å². The highest BCUT2D eigenvalue weighted by Gasteiger charge is 2.17. The molecule has 2 heterocycles. The summed E-state index contributed by atoms with van der Waals surface area (Å²) < 4.78 is 1.78. The number of fused-ring (bicyclic) bond motifs is 1. The second-order valence-corrected chi connectivity index (χ2v) is 6.43. The summed E-state index contributed by atoms with van der Waals surface area (Å²) in [5, 5.41) is 12.9. The predicted molar refractivity (Wildman–Crippen MR) is 95.2 cm³/mol. The smallest absolute Gasteiger partial charge is 0.315 e. The highest BCUT2D eigenvalue weighted by Crippen LogP contribution is 2.26. The van der Waals surface area contributed by atoms with Gasteiger partial charge in [-0.25, -0.2) is 4.79 Å². The van der Waals surface area contributed by atoms with E-state index in [-0.39, 0.29) is 24.0 Å². The maximum atomic E-state index is 12.2. The molecule has 1 aliphatic heterocycles. The molecule has 7 heteroatoms. The molecule has 2 aromatic rings. The van der Waals surface area contributed by atoms with E-state index in [1.165, 1.54) is 0 Å². The van der Waals surface area contributed by atoms with Crippen LogP contribution < -0.4 is 16.0 Å². The second-order valence-electron chi connectivity index (χ2n) is 6.43. The molecule has 0 saturated heterocycles. The zero-order chi connectivity index (χ0) is 17.8. The van der Waals surface area contributed by atoms with Gasteiger partial charge in [0, 0.05) is 30.5 Å². The highest BCUT2D eigenvalue weighted by molar-refractivity contribution is 5.93. The first-order valence-electron chi connectivity index (χ1n) is 8.48. The lowest BCUT2D eigenvalue weighted by molar-refractivity contribution is -0.116. The molecule has 3 rings (SSSR count). The van der Waals surface area contributed by atoms with Crippen molar-refractivity contribution in [3.63, 3.8) is 0 Å². The first-order valence-corrected chi connectivity index (χ1v) is 8.48. The molecule has 7 nitrogen and oxygen atoms in total. The van der Waals surface area contributed by atoms with Crippen molar-refractivity contribution in [2.45, 2.75) is 45.3 Å². The van der Waals surface area contributed by atoms with Gasteiger partial charge >= 0.3 is 6.03 Å². The largest absolute Gasteiger partial charge is 0.334 e. The number of amides is 3. The van der Waals surface area contributed by atoms with Crippen LogP contribution in [0.2, 0.25) is 0 Å². The Labute approximate surface area is 146 Å². The predicted octanol–water partition coefficient (Wildman–Crippen LogP) is 2.22. The summed E-state index contributed by atoms with van der Waals surface area (Å²) in [7, 11) is 0. The van der Waals surface area contributed by atoms with Gasteiger partial charge in [-0.2, -0.15) is 5.10 Å². The molecule has 1 aromatic carbocycles. The molecular weight excluding hydrogens is 318 g/mol. The molecule has 0 aliphatic carbocycles. The number of hydrogen-bond donors (Lipinski definition) is 3. The number of nitrogens with one attached hydrogen (secondary N) is 3. The lowest BCUT2D eigenvalue weighted by Gasteiger charge is -2.21. The first kappa shape index (κ1) is 17.0. The van der Waals surface area contributed by atoms with Crippen LogP contribution in [-0.4, -0.2) is 27.8 Å². The van der Waals surface area contributed by atoms with E-state index in [0.717, 1.165) is 23.2 Å². The summed E-state index contributed by atoms with van der Waals surface area (Å²) in [6.45, 7) is 4.50. The Balaban J connectivity index is 1.55. The zero-order valence-corrected chi connectivity index (χ0v) is 14.5.